The Bertz CT molecular complexity index is 297. The quantitative estimate of drug-likeness (QED) is 0.412. The molecule has 0 radical (unpaired) electrons. The molecule has 0 aromatic rings. The summed E-state index contributed by atoms with van der Waals surface area (Å²) in [5.41, 5.74) is 3.04. The molecule has 0 heterocycles. The first-order valence-corrected chi connectivity index (χ1v) is 6.49. The van der Waals surface area contributed by atoms with Gasteiger partial charge in [0, 0.05) is 18.8 Å². The van der Waals surface area contributed by atoms with E-state index in [2.05, 4.69) is 38.5 Å². The molecule has 0 saturated heterocycles. The zero-order chi connectivity index (χ0) is 13.3. The zero-order valence-electron chi connectivity index (χ0n) is 11.8. The van der Waals surface area contributed by atoms with Crippen LogP contribution in [0.15, 0.2) is 48.7 Å². The first kappa shape index (κ1) is 15.8. The summed E-state index contributed by atoms with van der Waals surface area (Å²) >= 11 is 0. The van der Waals surface area contributed by atoms with Crippen molar-refractivity contribution in [2.24, 2.45) is 0 Å². The van der Waals surface area contributed by atoms with Crippen LogP contribution in [0.5, 0.6) is 0 Å². The fraction of sp³-hybridized carbons (Fsp3) is 0.500. The number of likely N-dealkylation sites (N-methyl/N-ethyl adjacent to an activating group) is 1. The van der Waals surface area contributed by atoms with Crippen molar-refractivity contribution in [3.05, 3.63) is 48.7 Å². The molecule has 0 rings (SSSR count). The molecule has 0 unspecified atom stereocenters. The minimum absolute atomic E-state index is 0.978. The van der Waals surface area contributed by atoms with E-state index in [4.69, 9.17) is 0 Å². The Labute approximate surface area is 107 Å². The molecule has 1 heteroatoms. The Morgan fingerprint density at radius 1 is 1.06 bits per heavy atom. The average molecular weight is 233 g/mol. The summed E-state index contributed by atoms with van der Waals surface area (Å²) in [6, 6.07) is 0. The smallest absolute Gasteiger partial charge is 0.0360 e. The average Bonchev–Trinajstić information content (AvgIpc) is 2.31. The molecular weight excluding hydrogens is 206 g/mol. The van der Waals surface area contributed by atoms with Crippen molar-refractivity contribution < 1.29 is 0 Å². The SMILES string of the molecule is C=C(C)/C=C\C(=C)C(=C)N(CC)CCCCC. The van der Waals surface area contributed by atoms with Gasteiger partial charge in [0.25, 0.3) is 0 Å². The highest BCUT2D eigenvalue weighted by Crippen LogP contribution is 2.14. The standard InChI is InChI=1S/C16H27N/c1-7-9-10-13-17(8-2)16(6)15(5)12-11-14(3)4/h11-12H,3,5-10,13H2,1-2,4H3/b12-11-. The summed E-state index contributed by atoms with van der Waals surface area (Å²) in [5.74, 6) is 0. The molecule has 0 aliphatic heterocycles. The lowest BCUT2D eigenvalue weighted by molar-refractivity contribution is 0.360. The first-order chi connectivity index (χ1) is 8.02. The van der Waals surface area contributed by atoms with Crippen molar-refractivity contribution in [1.29, 1.82) is 0 Å². The van der Waals surface area contributed by atoms with Gasteiger partial charge >= 0.3 is 0 Å². The highest BCUT2D eigenvalue weighted by molar-refractivity contribution is 5.36. The fourth-order valence-electron chi connectivity index (χ4n) is 1.58. The summed E-state index contributed by atoms with van der Waals surface area (Å²) in [6.07, 6.45) is 7.72. The number of unbranched alkanes of at least 4 members (excludes halogenated alkanes) is 2. The van der Waals surface area contributed by atoms with E-state index in [-0.39, 0.29) is 0 Å². The Morgan fingerprint density at radius 3 is 2.18 bits per heavy atom. The monoisotopic (exact) mass is 233 g/mol. The van der Waals surface area contributed by atoms with Gasteiger partial charge in [0.2, 0.25) is 0 Å². The molecular formula is C16H27N. The maximum absolute atomic E-state index is 4.13. The van der Waals surface area contributed by atoms with Crippen LogP contribution in [-0.4, -0.2) is 18.0 Å². The van der Waals surface area contributed by atoms with E-state index in [0.29, 0.717) is 0 Å². The summed E-state index contributed by atoms with van der Waals surface area (Å²) in [7, 11) is 0. The number of rotatable bonds is 9. The van der Waals surface area contributed by atoms with Gasteiger partial charge in [0.05, 0.1) is 0 Å². The second kappa shape index (κ2) is 8.86. The number of nitrogens with zero attached hydrogens (tertiary/aromatic N) is 1. The van der Waals surface area contributed by atoms with Crippen molar-refractivity contribution in [3.8, 4) is 0 Å². The summed E-state index contributed by atoms with van der Waals surface area (Å²) in [6.45, 7) is 20.4. The number of hydrogen-bond donors (Lipinski definition) is 0. The summed E-state index contributed by atoms with van der Waals surface area (Å²) in [4.78, 5) is 2.29. The molecule has 0 saturated carbocycles. The second-order valence-corrected chi connectivity index (χ2v) is 4.44. The van der Waals surface area contributed by atoms with Gasteiger partial charge in [-0.1, -0.05) is 57.2 Å². The summed E-state index contributed by atoms with van der Waals surface area (Å²) in [5, 5.41) is 0. The van der Waals surface area contributed by atoms with Crippen LogP contribution in [0.3, 0.4) is 0 Å². The van der Waals surface area contributed by atoms with Crippen molar-refractivity contribution in [2.75, 3.05) is 13.1 Å². The molecule has 96 valence electrons. The predicted molar refractivity (Wildman–Crippen MR) is 79.0 cm³/mol. The van der Waals surface area contributed by atoms with Gasteiger partial charge in [-0.25, -0.2) is 0 Å². The Kier molecular flexibility index (Phi) is 8.21. The van der Waals surface area contributed by atoms with Gasteiger partial charge in [-0.05, 0) is 25.8 Å². The van der Waals surface area contributed by atoms with Crippen LogP contribution in [0.1, 0.15) is 40.0 Å². The Balaban J connectivity index is 4.32. The molecule has 0 fully saturated rings. The van der Waals surface area contributed by atoms with Gasteiger partial charge in [-0.2, -0.15) is 0 Å². The minimum atomic E-state index is 0.978. The predicted octanol–water partition coefficient (Wildman–Crippen LogP) is 4.70. The third-order valence-corrected chi connectivity index (χ3v) is 2.73. The van der Waals surface area contributed by atoms with Crippen LogP contribution < -0.4 is 0 Å². The van der Waals surface area contributed by atoms with Gasteiger partial charge in [-0.15, -0.1) is 0 Å². The van der Waals surface area contributed by atoms with Crippen LogP contribution >= 0.6 is 0 Å². The van der Waals surface area contributed by atoms with Crippen LogP contribution in [0, 0.1) is 0 Å². The van der Waals surface area contributed by atoms with Crippen LogP contribution in [0.2, 0.25) is 0 Å². The zero-order valence-corrected chi connectivity index (χ0v) is 11.8. The van der Waals surface area contributed by atoms with Crippen molar-refractivity contribution in [1.82, 2.24) is 4.90 Å². The third-order valence-electron chi connectivity index (χ3n) is 2.73. The lowest BCUT2D eigenvalue weighted by atomic mass is 10.1. The molecule has 0 aliphatic carbocycles. The van der Waals surface area contributed by atoms with E-state index in [9.17, 15) is 0 Å². The topological polar surface area (TPSA) is 3.24 Å². The molecule has 0 aliphatic rings. The van der Waals surface area contributed by atoms with Crippen molar-refractivity contribution >= 4 is 0 Å². The molecule has 17 heavy (non-hydrogen) atoms. The van der Waals surface area contributed by atoms with Gasteiger partial charge in [0.1, 0.15) is 0 Å². The molecule has 0 amide bonds. The Morgan fingerprint density at radius 2 is 1.71 bits per heavy atom. The maximum atomic E-state index is 4.13. The fourth-order valence-corrected chi connectivity index (χ4v) is 1.58. The van der Waals surface area contributed by atoms with E-state index in [0.717, 1.165) is 29.9 Å². The van der Waals surface area contributed by atoms with E-state index in [1.165, 1.54) is 19.3 Å². The number of allylic oxidation sites excluding steroid dienone is 3. The highest BCUT2D eigenvalue weighted by atomic mass is 15.1. The summed E-state index contributed by atoms with van der Waals surface area (Å²) < 4.78 is 0. The lowest BCUT2D eigenvalue weighted by Crippen LogP contribution is -2.23. The van der Waals surface area contributed by atoms with Crippen molar-refractivity contribution in [2.45, 2.75) is 40.0 Å². The van der Waals surface area contributed by atoms with Crippen LogP contribution in [0.4, 0.5) is 0 Å². The minimum Gasteiger partial charge on any atom is -0.372 e. The molecule has 0 bridgehead atoms. The van der Waals surface area contributed by atoms with E-state index < -0.39 is 0 Å². The first-order valence-electron chi connectivity index (χ1n) is 6.49. The number of hydrogen-bond acceptors (Lipinski definition) is 1. The van der Waals surface area contributed by atoms with E-state index in [1.54, 1.807) is 0 Å². The normalized spacial score (nSPS) is 10.5. The molecule has 0 aromatic carbocycles. The third kappa shape index (κ3) is 6.83. The van der Waals surface area contributed by atoms with Gasteiger partial charge in [0.15, 0.2) is 0 Å². The van der Waals surface area contributed by atoms with E-state index in [1.807, 2.05) is 19.1 Å². The highest BCUT2D eigenvalue weighted by Gasteiger charge is 2.06. The molecule has 1 nitrogen and oxygen atoms in total. The molecule has 0 N–H and O–H groups in total. The van der Waals surface area contributed by atoms with E-state index >= 15 is 0 Å². The Hall–Kier alpha value is -1.24. The lowest BCUT2D eigenvalue weighted by Gasteiger charge is -2.25. The molecule has 0 aromatic heterocycles. The largest absolute Gasteiger partial charge is 0.372 e. The van der Waals surface area contributed by atoms with Gasteiger partial charge in [-0.3, -0.25) is 0 Å². The van der Waals surface area contributed by atoms with Crippen molar-refractivity contribution in [3.63, 3.8) is 0 Å². The van der Waals surface area contributed by atoms with Crippen LogP contribution in [-0.2, 0) is 0 Å². The van der Waals surface area contributed by atoms with Gasteiger partial charge < -0.3 is 4.90 Å². The molecule has 0 spiro atoms. The van der Waals surface area contributed by atoms with Crippen LogP contribution in [0.25, 0.3) is 0 Å². The maximum Gasteiger partial charge on any atom is 0.0360 e. The second-order valence-electron chi connectivity index (χ2n) is 4.44. The molecule has 0 atom stereocenters.